The van der Waals surface area contributed by atoms with E-state index in [2.05, 4.69) is 25.8 Å². The van der Waals surface area contributed by atoms with Crippen molar-refractivity contribution in [1.82, 2.24) is 25.2 Å². The Morgan fingerprint density at radius 2 is 2.26 bits per heavy atom. The van der Waals surface area contributed by atoms with E-state index >= 15 is 0 Å². The van der Waals surface area contributed by atoms with Crippen LogP contribution in [0.15, 0.2) is 23.4 Å². The first-order chi connectivity index (χ1) is 13.2. The number of carbonyl (C=O) groups is 1. The van der Waals surface area contributed by atoms with E-state index < -0.39 is 0 Å². The van der Waals surface area contributed by atoms with Gasteiger partial charge in [-0.1, -0.05) is 35.9 Å². The van der Waals surface area contributed by atoms with E-state index in [0.29, 0.717) is 22.9 Å². The van der Waals surface area contributed by atoms with E-state index in [9.17, 15) is 4.79 Å². The standard InChI is InChI=1S/C17H20N6O2S2/c1-2-25-12-7-8-13-14(9-12)27-16(18-13)19-15(24)10-26-17-20-21-22-23(17)11-5-3-4-6-11/h7-9,11H,2-6,10H2,1H3,(H,18,19,24). The number of amides is 1. The van der Waals surface area contributed by atoms with Gasteiger partial charge < -0.3 is 10.1 Å². The van der Waals surface area contributed by atoms with Crippen molar-refractivity contribution in [2.75, 3.05) is 17.7 Å². The van der Waals surface area contributed by atoms with Gasteiger partial charge in [0.2, 0.25) is 11.1 Å². The number of aromatic nitrogens is 5. The Bertz CT molecular complexity index is 935. The predicted octanol–water partition coefficient (Wildman–Crippen LogP) is 3.53. The van der Waals surface area contributed by atoms with Gasteiger partial charge in [-0.05, 0) is 48.4 Å². The maximum absolute atomic E-state index is 12.3. The van der Waals surface area contributed by atoms with Gasteiger partial charge in [-0.15, -0.1) is 5.10 Å². The number of nitrogens with one attached hydrogen (secondary N) is 1. The Labute approximate surface area is 164 Å². The maximum atomic E-state index is 12.3. The zero-order chi connectivity index (χ0) is 18.6. The lowest BCUT2D eigenvalue weighted by Gasteiger charge is -2.10. The highest BCUT2D eigenvalue weighted by Crippen LogP contribution is 2.32. The number of fused-ring (bicyclic) bond motifs is 1. The molecule has 0 radical (unpaired) electrons. The third-order valence-corrected chi connectivity index (χ3v) is 6.25. The van der Waals surface area contributed by atoms with Crippen molar-refractivity contribution in [2.24, 2.45) is 0 Å². The van der Waals surface area contributed by atoms with E-state index in [0.717, 1.165) is 28.8 Å². The number of thioether (sulfide) groups is 1. The molecular formula is C17H20N6O2S2. The summed E-state index contributed by atoms with van der Waals surface area (Å²) in [5.74, 6) is 0.929. The highest BCUT2D eigenvalue weighted by molar-refractivity contribution is 7.99. The normalized spacial score (nSPS) is 14.7. The summed E-state index contributed by atoms with van der Waals surface area (Å²) in [6.45, 7) is 2.56. The van der Waals surface area contributed by atoms with Gasteiger partial charge in [0, 0.05) is 0 Å². The summed E-state index contributed by atoms with van der Waals surface area (Å²) in [5, 5.41) is 16.1. The number of hydrogen-bond donors (Lipinski definition) is 1. The molecule has 1 saturated carbocycles. The molecule has 2 heterocycles. The van der Waals surface area contributed by atoms with Crippen LogP contribution in [-0.2, 0) is 4.79 Å². The van der Waals surface area contributed by atoms with Gasteiger partial charge >= 0.3 is 0 Å². The Kier molecular flexibility index (Phi) is 5.53. The molecule has 27 heavy (non-hydrogen) atoms. The maximum Gasteiger partial charge on any atom is 0.236 e. The zero-order valence-electron chi connectivity index (χ0n) is 14.9. The Morgan fingerprint density at radius 3 is 3.07 bits per heavy atom. The van der Waals surface area contributed by atoms with Crippen LogP contribution in [0.2, 0.25) is 0 Å². The van der Waals surface area contributed by atoms with Crippen LogP contribution in [0, 0.1) is 0 Å². The second kappa shape index (κ2) is 8.22. The Balaban J connectivity index is 1.37. The molecule has 2 aromatic heterocycles. The summed E-state index contributed by atoms with van der Waals surface area (Å²) in [7, 11) is 0. The predicted molar refractivity (Wildman–Crippen MR) is 105 cm³/mol. The molecule has 1 aliphatic rings. The smallest absolute Gasteiger partial charge is 0.236 e. The molecule has 142 valence electrons. The molecule has 8 nitrogen and oxygen atoms in total. The summed E-state index contributed by atoms with van der Waals surface area (Å²) >= 11 is 2.79. The molecule has 1 fully saturated rings. The summed E-state index contributed by atoms with van der Waals surface area (Å²) in [6, 6.07) is 6.08. The molecule has 10 heteroatoms. The van der Waals surface area contributed by atoms with Crippen molar-refractivity contribution in [3.63, 3.8) is 0 Å². The first-order valence-electron chi connectivity index (χ1n) is 8.97. The molecule has 0 spiro atoms. The van der Waals surface area contributed by atoms with Crippen LogP contribution >= 0.6 is 23.1 Å². The molecular weight excluding hydrogens is 384 g/mol. The quantitative estimate of drug-likeness (QED) is 0.602. The molecule has 0 aliphatic heterocycles. The number of nitrogens with zero attached hydrogens (tertiary/aromatic N) is 5. The number of thiazole rings is 1. The highest BCUT2D eigenvalue weighted by Gasteiger charge is 2.22. The molecule has 3 aromatic rings. The van der Waals surface area contributed by atoms with Crippen LogP contribution in [0.1, 0.15) is 38.6 Å². The first kappa shape index (κ1) is 18.2. The number of anilines is 1. The Morgan fingerprint density at radius 1 is 1.41 bits per heavy atom. The monoisotopic (exact) mass is 404 g/mol. The third-order valence-electron chi connectivity index (χ3n) is 4.38. The van der Waals surface area contributed by atoms with E-state index in [1.807, 2.05) is 29.8 Å². The summed E-state index contributed by atoms with van der Waals surface area (Å²) in [6.07, 6.45) is 4.61. The third kappa shape index (κ3) is 4.22. The minimum Gasteiger partial charge on any atom is -0.494 e. The van der Waals surface area contributed by atoms with Crippen molar-refractivity contribution in [2.45, 2.75) is 43.8 Å². The van der Waals surface area contributed by atoms with Gasteiger partial charge in [0.1, 0.15) is 5.75 Å². The summed E-state index contributed by atoms with van der Waals surface area (Å²) in [4.78, 5) is 16.8. The fourth-order valence-corrected chi connectivity index (χ4v) is 4.81. The van der Waals surface area contributed by atoms with Gasteiger partial charge in [0.25, 0.3) is 0 Å². The van der Waals surface area contributed by atoms with E-state index in [-0.39, 0.29) is 11.7 Å². The molecule has 0 atom stereocenters. The minimum absolute atomic E-state index is 0.120. The number of tetrazole rings is 1. The van der Waals surface area contributed by atoms with Crippen molar-refractivity contribution >= 4 is 44.4 Å². The molecule has 0 bridgehead atoms. The average molecular weight is 405 g/mol. The van der Waals surface area contributed by atoms with E-state index in [1.165, 1.54) is 35.9 Å². The van der Waals surface area contributed by atoms with Gasteiger partial charge in [-0.3, -0.25) is 4.79 Å². The highest BCUT2D eigenvalue weighted by atomic mass is 32.2. The van der Waals surface area contributed by atoms with Crippen LogP contribution in [-0.4, -0.2) is 43.5 Å². The van der Waals surface area contributed by atoms with E-state index in [1.54, 1.807) is 0 Å². The molecule has 0 unspecified atom stereocenters. The van der Waals surface area contributed by atoms with Crippen LogP contribution < -0.4 is 10.1 Å². The SMILES string of the molecule is CCOc1ccc2nc(NC(=O)CSc3nnnn3C3CCCC3)sc2c1. The van der Waals surface area contributed by atoms with Crippen LogP contribution in [0.4, 0.5) is 5.13 Å². The second-order valence-electron chi connectivity index (χ2n) is 6.26. The lowest BCUT2D eigenvalue weighted by atomic mass is 10.3. The van der Waals surface area contributed by atoms with Crippen molar-refractivity contribution in [3.05, 3.63) is 18.2 Å². The van der Waals surface area contributed by atoms with Gasteiger partial charge in [-0.2, -0.15) is 0 Å². The van der Waals surface area contributed by atoms with Crippen molar-refractivity contribution < 1.29 is 9.53 Å². The molecule has 1 aromatic carbocycles. The summed E-state index contributed by atoms with van der Waals surface area (Å²) < 4.78 is 8.34. The lowest BCUT2D eigenvalue weighted by molar-refractivity contribution is -0.113. The fourth-order valence-electron chi connectivity index (χ4n) is 3.16. The number of carbonyl (C=O) groups excluding carboxylic acids is 1. The molecule has 1 N–H and O–H groups in total. The van der Waals surface area contributed by atoms with Crippen LogP contribution in [0.5, 0.6) is 5.75 Å². The Hall–Kier alpha value is -2.20. The first-order valence-corrected chi connectivity index (χ1v) is 10.8. The largest absolute Gasteiger partial charge is 0.494 e. The molecule has 4 rings (SSSR count). The zero-order valence-corrected chi connectivity index (χ0v) is 16.6. The second-order valence-corrected chi connectivity index (χ2v) is 8.24. The average Bonchev–Trinajstić information content (AvgIpc) is 3.39. The van der Waals surface area contributed by atoms with Crippen LogP contribution in [0.25, 0.3) is 10.2 Å². The number of rotatable bonds is 7. The number of benzene rings is 1. The van der Waals surface area contributed by atoms with Gasteiger partial charge in [-0.25, -0.2) is 9.67 Å². The minimum atomic E-state index is -0.120. The molecule has 1 amide bonds. The van der Waals surface area contributed by atoms with Gasteiger partial charge in [0.15, 0.2) is 5.13 Å². The number of hydrogen-bond acceptors (Lipinski definition) is 8. The van der Waals surface area contributed by atoms with Crippen LogP contribution in [0.3, 0.4) is 0 Å². The van der Waals surface area contributed by atoms with Crippen molar-refractivity contribution in [1.29, 1.82) is 0 Å². The number of ether oxygens (including phenoxy) is 1. The topological polar surface area (TPSA) is 94.8 Å². The summed E-state index contributed by atoms with van der Waals surface area (Å²) in [5.41, 5.74) is 0.844. The van der Waals surface area contributed by atoms with Crippen molar-refractivity contribution in [3.8, 4) is 5.75 Å². The lowest BCUT2D eigenvalue weighted by Crippen LogP contribution is -2.15. The fraction of sp³-hybridized carbons (Fsp3) is 0.471. The molecule has 1 aliphatic carbocycles. The van der Waals surface area contributed by atoms with E-state index in [4.69, 9.17) is 4.74 Å². The van der Waals surface area contributed by atoms with Gasteiger partial charge in [0.05, 0.1) is 28.6 Å². The molecule has 0 saturated heterocycles.